The van der Waals surface area contributed by atoms with E-state index < -0.39 is 0 Å². The molecule has 1 aromatic heterocycles. The van der Waals surface area contributed by atoms with Crippen molar-refractivity contribution in [2.75, 3.05) is 17.2 Å². The van der Waals surface area contributed by atoms with Gasteiger partial charge in [-0.05, 0) is 26.2 Å². The molecule has 1 saturated heterocycles. The molecule has 1 atom stereocenters. The summed E-state index contributed by atoms with van der Waals surface area (Å²) in [5.74, 6) is 1.12. The minimum Gasteiger partial charge on any atom is -0.394 e. The summed E-state index contributed by atoms with van der Waals surface area (Å²) in [6, 6.07) is 0.620. The molecule has 0 saturated carbocycles. The van der Waals surface area contributed by atoms with Crippen LogP contribution in [-0.4, -0.2) is 22.4 Å². The SMILES string of the molecule is CCC1CCCCCN1c1c(N)c(C)nn1C. The highest BCUT2D eigenvalue weighted by Gasteiger charge is 2.24. The fraction of sp³-hybridized carbons (Fsp3) is 0.769. The van der Waals surface area contributed by atoms with E-state index in [0.29, 0.717) is 6.04 Å². The lowest BCUT2D eigenvalue weighted by molar-refractivity contribution is 0.542. The van der Waals surface area contributed by atoms with E-state index in [-0.39, 0.29) is 0 Å². The second-order valence-electron chi connectivity index (χ2n) is 5.05. The van der Waals surface area contributed by atoms with E-state index in [0.717, 1.165) is 23.7 Å². The first-order valence-corrected chi connectivity index (χ1v) is 6.70. The van der Waals surface area contributed by atoms with Gasteiger partial charge in [-0.3, -0.25) is 4.68 Å². The Bertz CT molecular complexity index is 383. The summed E-state index contributed by atoms with van der Waals surface area (Å²) >= 11 is 0. The molecule has 0 aliphatic carbocycles. The monoisotopic (exact) mass is 236 g/mol. The Morgan fingerprint density at radius 1 is 1.35 bits per heavy atom. The van der Waals surface area contributed by atoms with Gasteiger partial charge in [0.25, 0.3) is 0 Å². The highest BCUT2D eigenvalue weighted by molar-refractivity contribution is 5.66. The molecule has 4 heteroatoms. The third-order valence-electron chi connectivity index (χ3n) is 3.86. The second kappa shape index (κ2) is 4.98. The summed E-state index contributed by atoms with van der Waals surface area (Å²) in [5.41, 5.74) is 7.98. The van der Waals surface area contributed by atoms with Crippen LogP contribution in [0.2, 0.25) is 0 Å². The van der Waals surface area contributed by atoms with Crippen LogP contribution in [0, 0.1) is 6.92 Å². The Morgan fingerprint density at radius 2 is 2.12 bits per heavy atom. The number of aryl methyl sites for hydroxylation is 2. The maximum Gasteiger partial charge on any atom is 0.150 e. The van der Waals surface area contributed by atoms with Gasteiger partial charge in [-0.2, -0.15) is 5.10 Å². The molecule has 2 rings (SSSR count). The van der Waals surface area contributed by atoms with Crippen LogP contribution < -0.4 is 10.6 Å². The molecule has 1 fully saturated rings. The van der Waals surface area contributed by atoms with Gasteiger partial charge in [0.2, 0.25) is 0 Å². The molecule has 1 aliphatic rings. The second-order valence-corrected chi connectivity index (χ2v) is 5.05. The zero-order chi connectivity index (χ0) is 12.4. The molecule has 0 amide bonds. The molecule has 17 heavy (non-hydrogen) atoms. The van der Waals surface area contributed by atoms with Crippen molar-refractivity contribution in [1.29, 1.82) is 0 Å². The molecular formula is C13H24N4. The van der Waals surface area contributed by atoms with E-state index in [4.69, 9.17) is 5.73 Å². The van der Waals surface area contributed by atoms with Crippen molar-refractivity contribution in [3.05, 3.63) is 5.69 Å². The van der Waals surface area contributed by atoms with Crippen LogP contribution in [0.5, 0.6) is 0 Å². The number of nitrogens with zero attached hydrogens (tertiary/aromatic N) is 3. The number of nitrogens with two attached hydrogens (primary N) is 1. The molecule has 0 spiro atoms. The van der Waals surface area contributed by atoms with Crippen molar-refractivity contribution < 1.29 is 0 Å². The summed E-state index contributed by atoms with van der Waals surface area (Å²) in [4.78, 5) is 2.47. The van der Waals surface area contributed by atoms with Crippen LogP contribution in [0.25, 0.3) is 0 Å². The van der Waals surface area contributed by atoms with Gasteiger partial charge in [0.15, 0.2) is 5.82 Å². The lowest BCUT2D eigenvalue weighted by Crippen LogP contribution is -2.36. The van der Waals surface area contributed by atoms with Crippen LogP contribution in [0.15, 0.2) is 0 Å². The van der Waals surface area contributed by atoms with E-state index in [2.05, 4.69) is 16.9 Å². The lowest BCUT2D eigenvalue weighted by Gasteiger charge is -2.31. The van der Waals surface area contributed by atoms with E-state index in [1.54, 1.807) is 0 Å². The summed E-state index contributed by atoms with van der Waals surface area (Å²) in [6.45, 7) is 5.36. The molecule has 0 radical (unpaired) electrons. The number of hydrogen-bond donors (Lipinski definition) is 1. The first-order valence-electron chi connectivity index (χ1n) is 6.70. The number of aromatic nitrogens is 2. The van der Waals surface area contributed by atoms with E-state index in [9.17, 15) is 0 Å². The van der Waals surface area contributed by atoms with Crippen molar-refractivity contribution in [2.45, 2.75) is 52.0 Å². The molecule has 0 aromatic carbocycles. The average molecular weight is 236 g/mol. The number of hydrogen-bond acceptors (Lipinski definition) is 3. The van der Waals surface area contributed by atoms with E-state index in [1.807, 2.05) is 18.7 Å². The van der Waals surface area contributed by atoms with Crippen LogP contribution >= 0.6 is 0 Å². The Labute approximate surface area is 104 Å². The van der Waals surface area contributed by atoms with Gasteiger partial charge in [0.1, 0.15) is 0 Å². The summed E-state index contributed by atoms with van der Waals surface area (Å²) in [7, 11) is 2.00. The van der Waals surface area contributed by atoms with Crippen LogP contribution in [0.4, 0.5) is 11.5 Å². The van der Waals surface area contributed by atoms with E-state index in [1.165, 1.54) is 32.1 Å². The van der Waals surface area contributed by atoms with Crippen LogP contribution in [0.3, 0.4) is 0 Å². The number of rotatable bonds is 2. The zero-order valence-corrected chi connectivity index (χ0v) is 11.2. The standard InChI is InChI=1S/C13H24N4/c1-4-11-8-6-5-7-9-17(11)13-12(14)10(2)15-16(13)3/h11H,4-9,14H2,1-3H3. The first-order chi connectivity index (χ1) is 8.15. The van der Waals surface area contributed by atoms with Crippen molar-refractivity contribution in [1.82, 2.24) is 9.78 Å². The molecule has 1 aromatic rings. The highest BCUT2D eigenvalue weighted by atomic mass is 15.4. The Balaban J connectivity index is 2.34. The van der Waals surface area contributed by atoms with Gasteiger partial charge >= 0.3 is 0 Å². The molecule has 0 bridgehead atoms. The third-order valence-corrected chi connectivity index (χ3v) is 3.86. The van der Waals surface area contributed by atoms with Gasteiger partial charge in [-0.15, -0.1) is 0 Å². The maximum atomic E-state index is 6.18. The van der Waals surface area contributed by atoms with Crippen molar-refractivity contribution in [3.63, 3.8) is 0 Å². The molecule has 96 valence electrons. The normalized spacial score (nSPS) is 21.6. The van der Waals surface area contributed by atoms with Gasteiger partial charge in [-0.25, -0.2) is 0 Å². The number of nitrogen functional groups attached to an aromatic ring is 1. The minimum atomic E-state index is 0.620. The lowest BCUT2D eigenvalue weighted by atomic mass is 10.1. The molecule has 1 aliphatic heterocycles. The fourth-order valence-electron chi connectivity index (χ4n) is 2.88. The largest absolute Gasteiger partial charge is 0.394 e. The van der Waals surface area contributed by atoms with Crippen LogP contribution in [0.1, 0.15) is 44.7 Å². The van der Waals surface area contributed by atoms with Crippen LogP contribution in [-0.2, 0) is 7.05 Å². The first kappa shape index (κ1) is 12.3. The quantitative estimate of drug-likeness (QED) is 0.858. The predicted octanol–water partition coefficient (Wildman–Crippen LogP) is 2.47. The summed E-state index contributed by atoms with van der Waals surface area (Å²) in [6.07, 6.45) is 6.40. The van der Waals surface area contributed by atoms with Gasteiger partial charge in [0.05, 0.1) is 11.4 Å². The predicted molar refractivity (Wildman–Crippen MR) is 72.3 cm³/mol. The fourth-order valence-corrected chi connectivity index (χ4v) is 2.88. The molecule has 2 N–H and O–H groups in total. The third kappa shape index (κ3) is 2.26. The number of anilines is 2. The Kier molecular flexibility index (Phi) is 3.60. The Hall–Kier alpha value is -1.19. The van der Waals surface area contributed by atoms with E-state index >= 15 is 0 Å². The van der Waals surface area contributed by atoms with Gasteiger partial charge in [0, 0.05) is 19.6 Å². The maximum absolute atomic E-state index is 6.18. The zero-order valence-electron chi connectivity index (χ0n) is 11.2. The van der Waals surface area contributed by atoms with Crippen molar-refractivity contribution >= 4 is 11.5 Å². The summed E-state index contributed by atoms with van der Waals surface area (Å²) in [5, 5.41) is 4.44. The smallest absolute Gasteiger partial charge is 0.150 e. The molecule has 2 heterocycles. The highest BCUT2D eigenvalue weighted by Crippen LogP contribution is 2.31. The average Bonchev–Trinajstić information content (AvgIpc) is 2.50. The van der Waals surface area contributed by atoms with Crippen molar-refractivity contribution in [3.8, 4) is 0 Å². The summed E-state index contributed by atoms with van der Waals surface area (Å²) < 4.78 is 1.94. The van der Waals surface area contributed by atoms with Crippen molar-refractivity contribution in [2.24, 2.45) is 7.05 Å². The topological polar surface area (TPSA) is 47.1 Å². The molecule has 4 nitrogen and oxygen atoms in total. The molecular weight excluding hydrogens is 212 g/mol. The Morgan fingerprint density at radius 3 is 2.71 bits per heavy atom. The minimum absolute atomic E-state index is 0.620. The van der Waals surface area contributed by atoms with Gasteiger partial charge in [-0.1, -0.05) is 19.8 Å². The molecule has 1 unspecified atom stereocenters. The van der Waals surface area contributed by atoms with Gasteiger partial charge < -0.3 is 10.6 Å².